The Morgan fingerprint density at radius 2 is 1.62 bits per heavy atom. The van der Waals surface area contributed by atoms with Crippen LogP contribution >= 0.6 is 11.6 Å². The van der Waals surface area contributed by atoms with Crippen LogP contribution in [0.25, 0.3) is 0 Å². The molecule has 1 amide bonds. The Morgan fingerprint density at radius 3 is 2.13 bits per heavy atom. The molecule has 0 bridgehead atoms. The first-order valence-corrected chi connectivity index (χ1v) is 14.3. The van der Waals surface area contributed by atoms with E-state index in [0.717, 1.165) is 5.56 Å². The minimum Gasteiger partial charge on any atom is -0.479 e. The predicted octanol–water partition coefficient (Wildman–Crippen LogP) is 5.27. The summed E-state index contributed by atoms with van der Waals surface area (Å²) in [4.78, 5) is 25.0. The van der Waals surface area contributed by atoms with Gasteiger partial charge in [-0.1, -0.05) is 35.8 Å². The molecule has 2 N–H and O–H groups in total. The summed E-state index contributed by atoms with van der Waals surface area (Å²) in [5, 5.41) is 13.9. The third kappa shape index (κ3) is 6.08. The molecular formula is C29H41BClNO7. The summed E-state index contributed by atoms with van der Waals surface area (Å²) in [6.45, 7) is 10.3. The second-order valence-electron chi connectivity index (χ2n) is 12.0. The molecule has 10 heteroatoms. The Bertz CT molecular complexity index is 1050. The van der Waals surface area contributed by atoms with Crippen molar-refractivity contribution in [1.82, 2.24) is 5.32 Å². The number of carboxylic acids is 1. The lowest BCUT2D eigenvalue weighted by Gasteiger charge is -2.45. The van der Waals surface area contributed by atoms with Crippen molar-refractivity contribution in [3.05, 3.63) is 46.9 Å². The number of hydrogen-bond acceptors (Lipinski definition) is 6. The van der Waals surface area contributed by atoms with Crippen molar-refractivity contribution in [2.24, 2.45) is 11.8 Å². The van der Waals surface area contributed by atoms with Crippen LogP contribution in [0.15, 0.2) is 36.3 Å². The van der Waals surface area contributed by atoms with Gasteiger partial charge in [-0.2, -0.15) is 0 Å². The summed E-state index contributed by atoms with van der Waals surface area (Å²) in [7, 11) is -0.499. The fraction of sp³-hybridized carbons (Fsp3) is 0.655. The quantitative estimate of drug-likeness (QED) is 0.396. The van der Waals surface area contributed by atoms with Crippen LogP contribution in [0, 0.1) is 11.8 Å². The highest BCUT2D eigenvalue weighted by Crippen LogP contribution is 2.49. The molecule has 8 nitrogen and oxygen atoms in total. The van der Waals surface area contributed by atoms with Crippen molar-refractivity contribution in [2.75, 3.05) is 13.2 Å². The Balaban J connectivity index is 1.46. The van der Waals surface area contributed by atoms with E-state index in [1.807, 2.05) is 64.0 Å². The van der Waals surface area contributed by atoms with Gasteiger partial charge in [0, 0.05) is 23.4 Å². The number of carbonyl (C=O) groups excluding carboxylic acids is 1. The van der Waals surface area contributed by atoms with Gasteiger partial charge in [-0.3, -0.25) is 4.79 Å². The van der Waals surface area contributed by atoms with E-state index in [-0.39, 0.29) is 24.2 Å². The first kappa shape index (κ1) is 30.1. The molecule has 1 unspecified atom stereocenters. The molecule has 1 atom stereocenters. The highest BCUT2D eigenvalue weighted by molar-refractivity contribution is 6.51. The van der Waals surface area contributed by atoms with Crippen molar-refractivity contribution < 1.29 is 33.5 Å². The maximum atomic E-state index is 12.8. The number of carboxylic acid groups (broad SMARTS) is 1. The van der Waals surface area contributed by atoms with E-state index >= 15 is 0 Å². The van der Waals surface area contributed by atoms with Crippen LogP contribution in [0.2, 0.25) is 5.02 Å². The molecule has 39 heavy (non-hydrogen) atoms. The molecule has 2 saturated heterocycles. The zero-order chi connectivity index (χ0) is 28.5. The molecule has 214 valence electrons. The first-order chi connectivity index (χ1) is 18.3. The molecule has 1 aromatic rings. The molecular weight excluding hydrogens is 521 g/mol. The van der Waals surface area contributed by atoms with E-state index in [0.29, 0.717) is 50.3 Å². The second kappa shape index (κ2) is 11.5. The van der Waals surface area contributed by atoms with Gasteiger partial charge in [0.25, 0.3) is 0 Å². The highest BCUT2D eigenvalue weighted by atomic mass is 35.5. The highest BCUT2D eigenvalue weighted by Gasteiger charge is 2.53. The number of allylic oxidation sites excluding steroid dienone is 1. The lowest BCUT2D eigenvalue weighted by molar-refractivity contribution is -0.214. The topological polar surface area (TPSA) is 103 Å². The number of carbonyl (C=O) groups is 2. The maximum absolute atomic E-state index is 12.8. The van der Waals surface area contributed by atoms with E-state index < -0.39 is 35.6 Å². The molecule has 3 aliphatic rings. The largest absolute Gasteiger partial charge is 0.486 e. The van der Waals surface area contributed by atoms with Gasteiger partial charge in [-0.15, -0.1) is 0 Å². The Hall–Kier alpha value is -1.91. The zero-order valence-electron chi connectivity index (χ0n) is 23.6. The fourth-order valence-corrected chi connectivity index (χ4v) is 6.34. The molecule has 2 aliphatic heterocycles. The van der Waals surface area contributed by atoms with Crippen molar-refractivity contribution in [3.8, 4) is 0 Å². The molecule has 0 spiro atoms. The Labute approximate surface area is 236 Å². The lowest BCUT2D eigenvalue weighted by atomic mass is 9.67. The number of rotatable bonds is 9. The number of aliphatic carboxylic acids is 1. The molecule has 3 fully saturated rings. The number of hydrogen-bond donors (Lipinski definition) is 2. The average molecular weight is 562 g/mol. The van der Waals surface area contributed by atoms with Crippen LogP contribution in [0.3, 0.4) is 0 Å². The van der Waals surface area contributed by atoms with Crippen LogP contribution in [0.4, 0.5) is 0 Å². The molecule has 4 rings (SSSR count). The third-order valence-electron chi connectivity index (χ3n) is 8.98. The fourth-order valence-electron chi connectivity index (χ4n) is 6.22. The average Bonchev–Trinajstić information content (AvgIpc) is 3.44. The van der Waals surface area contributed by atoms with Crippen LogP contribution in [0.1, 0.15) is 78.7 Å². The molecule has 1 saturated carbocycles. The molecule has 0 aromatic heterocycles. The summed E-state index contributed by atoms with van der Waals surface area (Å²) in [5.74, 6) is -0.562. The number of ether oxygens (including phenoxy) is 2. The summed E-state index contributed by atoms with van der Waals surface area (Å²) < 4.78 is 24.4. The minimum absolute atomic E-state index is 0.0597. The summed E-state index contributed by atoms with van der Waals surface area (Å²) in [5.41, 5.74) is -1.34. The third-order valence-corrected chi connectivity index (χ3v) is 9.23. The molecule has 0 radical (unpaired) electrons. The van der Waals surface area contributed by atoms with Crippen LogP contribution in [-0.4, -0.2) is 54.1 Å². The molecule has 1 aliphatic carbocycles. The number of halogens is 1. The number of benzene rings is 1. The van der Waals surface area contributed by atoms with Crippen molar-refractivity contribution in [3.63, 3.8) is 0 Å². The normalized spacial score (nSPS) is 27.4. The van der Waals surface area contributed by atoms with Gasteiger partial charge in [-0.05, 0) is 84.3 Å². The van der Waals surface area contributed by atoms with Crippen LogP contribution < -0.4 is 5.32 Å². The van der Waals surface area contributed by atoms with Gasteiger partial charge in [0.1, 0.15) is 5.54 Å². The SMILES string of the molecule is CC(=O)NC(CCC=CB1OC(C)(C)C(C)(C)O1)(C(=O)O)[C@H]1CC[C@@H](C2(c3ccc(Cl)cc3)OCCO2)CC1. The van der Waals surface area contributed by atoms with E-state index in [9.17, 15) is 14.7 Å². The van der Waals surface area contributed by atoms with Crippen molar-refractivity contribution >= 4 is 30.6 Å². The van der Waals surface area contributed by atoms with Crippen LogP contribution in [0.5, 0.6) is 0 Å². The van der Waals surface area contributed by atoms with Gasteiger partial charge >= 0.3 is 13.1 Å². The standard InChI is InChI=1S/C29H41BClNO7/c1-20(33)32-28(25(34)35,16-6-7-17-30-38-26(2,3)27(4,5)39-30)21-8-10-22(11-9-21)29(36-18-19-37-29)23-12-14-24(31)15-13-23/h7,12-15,17,21-22H,6,8-11,16,18-19H2,1-5H3,(H,32,33)(H,34,35)/t21-,22+,28?. The van der Waals surface area contributed by atoms with Gasteiger partial charge in [-0.25, -0.2) is 4.79 Å². The summed E-state index contributed by atoms with van der Waals surface area (Å²) in [6, 6.07) is 7.53. The van der Waals surface area contributed by atoms with E-state index in [4.69, 9.17) is 30.4 Å². The number of nitrogens with one attached hydrogen (secondary N) is 1. The maximum Gasteiger partial charge on any atom is 0.486 e. The minimum atomic E-state index is -1.37. The van der Waals surface area contributed by atoms with Crippen molar-refractivity contribution in [1.29, 1.82) is 0 Å². The molecule has 2 heterocycles. The van der Waals surface area contributed by atoms with Gasteiger partial charge in [0.05, 0.1) is 24.4 Å². The molecule has 1 aromatic carbocycles. The van der Waals surface area contributed by atoms with Crippen LogP contribution in [-0.2, 0) is 34.2 Å². The zero-order valence-corrected chi connectivity index (χ0v) is 24.4. The van der Waals surface area contributed by atoms with E-state index in [1.54, 1.807) is 0 Å². The Kier molecular flexibility index (Phi) is 8.89. The first-order valence-electron chi connectivity index (χ1n) is 13.9. The van der Waals surface area contributed by atoms with E-state index in [1.165, 1.54) is 6.92 Å². The van der Waals surface area contributed by atoms with Crippen molar-refractivity contribution in [2.45, 2.75) is 95.7 Å². The second-order valence-corrected chi connectivity index (χ2v) is 12.4. The number of amides is 1. The smallest absolute Gasteiger partial charge is 0.479 e. The predicted molar refractivity (Wildman–Crippen MR) is 149 cm³/mol. The lowest BCUT2D eigenvalue weighted by Crippen LogP contribution is -2.60. The van der Waals surface area contributed by atoms with Gasteiger partial charge in [0.15, 0.2) is 5.79 Å². The van der Waals surface area contributed by atoms with Gasteiger partial charge < -0.3 is 29.2 Å². The Morgan fingerprint density at radius 1 is 1.05 bits per heavy atom. The summed E-state index contributed by atoms with van der Waals surface area (Å²) in [6.07, 6.45) is 5.29. The monoisotopic (exact) mass is 561 g/mol. The summed E-state index contributed by atoms with van der Waals surface area (Å²) >= 11 is 6.11. The van der Waals surface area contributed by atoms with E-state index in [2.05, 4.69) is 5.32 Å². The van der Waals surface area contributed by atoms with Gasteiger partial charge in [0.2, 0.25) is 5.91 Å².